The van der Waals surface area contributed by atoms with Crippen molar-refractivity contribution in [1.82, 2.24) is 9.47 Å². The van der Waals surface area contributed by atoms with Gasteiger partial charge in [0.15, 0.2) is 0 Å². The van der Waals surface area contributed by atoms with Crippen LogP contribution in [0.15, 0.2) is 72.9 Å². The molecule has 0 saturated carbocycles. The highest BCUT2D eigenvalue weighted by atomic mass is 19.1. The third-order valence-electron chi connectivity index (χ3n) is 6.80. The van der Waals surface area contributed by atoms with Gasteiger partial charge in [-0.25, -0.2) is 4.39 Å². The van der Waals surface area contributed by atoms with Crippen molar-refractivity contribution in [3.8, 4) is 11.5 Å². The van der Waals surface area contributed by atoms with Gasteiger partial charge >= 0.3 is 0 Å². The summed E-state index contributed by atoms with van der Waals surface area (Å²) in [4.78, 5) is 17.4. The molecule has 0 N–H and O–H groups in total. The van der Waals surface area contributed by atoms with Crippen LogP contribution in [-0.4, -0.2) is 55.8 Å². The van der Waals surface area contributed by atoms with Gasteiger partial charge in [0.1, 0.15) is 17.3 Å². The molecule has 0 spiro atoms. The minimum Gasteiger partial charge on any atom is -0.497 e. The lowest BCUT2D eigenvalue weighted by molar-refractivity contribution is -0.130. The van der Waals surface area contributed by atoms with E-state index in [1.165, 1.54) is 12.1 Å². The number of halogens is 1. The first kappa shape index (κ1) is 23.7. The Morgan fingerprint density at radius 3 is 2.22 bits per heavy atom. The van der Waals surface area contributed by atoms with Crippen LogP contribution in [0, 0.1) is 5.82 Å². The van der Waals surface area contributed by atoms with Gasteiger partial charge in [0.25, 0.3) is 0 Å². The Balaban J connectivity index is 1.31. The van der Waals surface area contributed by atoms with Crippen molar-refractivity contribution in [1.29, 1.82) is 0 Å². The first-order valence-corrected chi connectivity index (χ1v) is 12.1. The fourth-order valence-corrected chi connectivity index (χ4v) is 4.89. The number of carbonyl (C=O) groups is 1. The van der Waals surface area contributed by atoms with E-state index >= 15 is 0 Å². The molecule has 1 fully saturated rings. The van der Waals surface area contributed by atoms with Crippen molar-refractivity contribution in [2.24, 2.45) is 0 Å². The van der Waals surface area contributed by atoms with Gasteiger partial charge < -0.3 is 23.8 Å². The lowest BCUT2D eigenvalue weighted by Crippen LogP contribution is -2.49. The first-order chi connectivity index (χ1) is 17.5. The number of ether oxygens (including phenoxy) is 2. The molecule has 0 atom stereocenters. The Hall–Kier alpha value is -4.00. The van der Waals surface area contributed by atoms with Crippen LogP contribution in [0.5, 0.6) is 11.5 Å². The number of rotatable bonds is 7. The van der Waals surface area contributed by atoms with E-state index in [-0.39, 0.29) is 11.7 Å². The average molecular weight is 488 g/mol. The summed E-state index contributed by atoms with van der Waals surface area (Å²) in [7, 11) is 3.29. The predicted octanol–water partition coefficient (Wildman–Crippen LogP) is 4.74. The molecule has 36 heavy (non-hydrogen) atoms. The van der Waals surface area contributed by atoms with Crippen molar-refractivity contribution in [2.75, 3.05) is 45.3 Å². The fourth-order valence-electron chi connectivity index (χ4n) is 4.89. The summed E-state index contributed by atoms with van der Waals surface area (Å²) in [6, 6.07) is 20.6. The monoisotopic (exact) mass is 487 g/mol. The average Bonchev–Trinajstić information content (AvgIpc) is 3.25. The van der Waals surface area contributed by atoms with E-state index in [9.17, 15) is 9.18 Å². The molecule has 2 heterocycles. The van der Waals surface area contributed by atoms with E-state index in [1.807, 2.05) is 35.2 Å². The lowest BCUT2D eigenvalue weighted by atomic mass is 10.1. The number of nitrogens with zero attached hydrogens (tertiary/aromatic N) is 3. The van der Waals surface area contributed by atoms with Gasteiger partial charge in [0.05, 0.1) is 20.6 Å². The predicted molar refractivity (Wildman–Crippen MR) is 139 cm³/mol. The molecule has 1 aliphatic heterocycles. The quantitative estimate of drug-likeness (QED) is 0.378. The van der Waals surface area contributed by atoms with Gasteiger partial charge in [-0.3, -0.25) is 4.79 Å². The molecule has 186 valence electrons. The molecule has 1 saturated heterocycles. The van der Waals surface area contributed by atoms with Crippen molar-refractivity contribution in [3.63, 3.8) is 0 Å². The number of carbonyl (C=O) groups excluding carboxylic acids is 1. The van der Waals surface area contributed by atoms with Crippen LogP contribution in [0.4, 0.5) is 10.1 Å². The van der Waals surface area contributed by atoms with Crippen LogP contribution in [0.2, 0.25) is 0 Å². The van der Waals surface area contributed by atoms with Crippen LogP contribution in [0.25, 0.3) is 10.9 Å². The number of methoxy groups -OCH3 is 2. The van der Waals surface area contributed by atoms with E-state index in [0.29, 0.717) is 26.1 Å². The third kappa shape index (κ3) is 5.00. The number of amides is 1. The second-order valence-electron chi connectivity index (χ2n) is 9.04. The maximum absolute atomic E-state index is 13.2. The molecule has 1 amide bonds. The van der Waals surface area contributed by atoms with Gasteiger partial charge in [0, 0.05) is 61.6 Å². The summed E-state index contributed by atoms with van der Waals surface area (Å²) in [5, 5.41) is 1.09. The zero-order valence-electron chi connectivity index (χ0n) is 20.6. The second-order valence-corrected chi connectivity index (χ2v) is 9.04. The summed E-state index contributed by atoms with van der Waals surface area (Å²) in [6.07, 6.45) is 2.44. The summed E-state index contributed by atoms with van der Waals surface area (Å²) in [6.45, 7) is 3.41. The molecule has 0 unspecified atom stereocenters. The highest BCUT2D eigenvalue weighted by molar-refractivity contribution is 5.89. The summed E-state index contributed by atoms with van der Waals surface area (Å²) < 4.78 is 26.3. The van der Waals surface area contributed by atoms with Crippen LogP contribution < -0.4 is 14.4 Å². The van der Waals surface area contributed by atoms with Gasteiger partial charge in [-0.05, 0) is 53.6 Å². The molecule has 0 aliphatic carbocycles. The van der Waals surface area contributed by atoms with Crippen LogP contribution in [0.1, 0.15) is 11.1 Å². The summed E-state index contributed by atoms with van der Waals surface area (Å²) in [5.74, 6) is 1.38. The number of aromatic nitrogens is 1. The van der Waals surface area contributed by atoms with Crippen molar-refractivity contribution < 1.29 is 18.7 Å². The number of para-hydroxylation sites is 1. The molecule has 3 aromatic carbocycles. The van der Waals surface area contributed by atoms with Gasteiger partial charge in [-0.15, -0.1) is 0 Å². The summed E-state index contributed by atoms with van der Waals surface area (Å²) in [5.41, 5.74) is 4.15. The highest BCUT2D eigenvalue weighted by Crippen LogP contribution is 2.27. The Labute approximate surface area is 210 Å². The number of hydrogen-bond donors (Lipinski definition) is 0. The minimum absolute atomic E-state index is 0.125. The SMILES string of the molecule is COc1cc(Cn2cc(CC(=O)N3CCN(c4ccc(F)cc4)CC3)c3ccccc32)cc(OC)c1. The van der Waals surface area contributed by atoms with Crippen molar-refractivity contribution >= 4 is 22.5 Å². The molecule has 7 heteroatoms. The van der Waals surface area contributed by atoms with E-state index in [4.69, 9.17) is 9.47 Å². The second kappa shape index (κ2) is 10.3. The highest BCUT2D eigenvalue weighted by Gasteiger charge is 2.23. The maximum atomic E-state index is 13.2. The number of benzene rings is 3. The van der Waals surface area contributed by atoms with Crippen molar-refractivity contribution in [2.45, 2.75) is 13.0 Å². The summed E-state index contributed by atoms with van der Waals surface area (Å²) >= 11 is 0. The molecule has 0 bridgehead atoms. The standard InChI is InChI=1S/C29H30FN3O3/c1-35-25-15-21(16-26(18-25)36-2)19-33-20-22(27-5-3-4-6-28(27)33)17-29(34)32-13-11-31(12-14-32)24-9-7-23(30)8-10-24/h3-10,15-16,18,20H,11-14,17,19H2,1-2H3. The number of piperazine rings is 1. The Morgan fingerprint density at radius 2 is 1.56 bits per heavy atom. The topological polar surface area (TPSA) is 46.9 Å². The van der Waals surface area contributed by atoms with E-state index in [2.05, 4.69) is 27.8 Å². The largest absolute Gasteiger partial charge is 0.497 e. The number of hydrogen-bond acceptors (Lipinski definition) is 4. The molecule has 0 radical (unpaired) electrons. The molecule has 4 aromatic rings. The van der Waals surface area contributed by atoms with Crippen LogP contribution in [0.3, 0.4) is 0 Å². The zero-order valence-corrected chi connectivity index (χ0v) is 20.6. The molecule has 1 aliphatic rings. The smallest absolute Gasteiger partial charge is 0.227 e. The van der Waals surface area contributed by atoms with Crippen molar-refractivity contribution in [3.05, 3.63) is 89.9 Å². The van der Waals surface area contributed by atoms with Gasteiger partial charge in [0.2, 0.25) is 5.91 Å². The molecule has 5 rings (SSSR count). The Morgan fingerprint density at radius 1 is 0.889 bits per heavy atom. The molecule has 1 aromatic heterocycles. The van der Waals surface area contributed by atoms with E-state index < -0.39 is 0 Å². The third-order valence-corrected chi connectivity index (χ3v) is 6.80. The molecular weight excluding hydrogens is 457 g/mol. The lowest BCUT2D eigenvalue weighted by Gasteiger charge is -2.36. The van der Waals surface area contributed by atoms with E-state index in [1.54, 1.807) is 26.4 Å². The Bertz CT molecular complexity index is 1340. The zero-order chi connectivity index (χ0) is 25.1. The normalized spacial score (nSPS) is 13.8. The maximum Gasteiger partial charge on any atom is 0.227 e. The number of fused-ring (bicyclic) bond motifs is 1. The van der Waals surface area contributed by atoms with Crippen LogP contribution in [-0.2, 0) is 17.8 Å². The van der Waals surface area contributed by atoms with E-state index in [0.717, 1.165) is 52.3 Å². The van der Waals surface area contributed by atoms with Gasteiger partial charge in [-0.2, -0.15) is 0 Å². The number of anilines is 1. The van der Waals surface area contributed by atoms with Crippen LogP contribution >= 0.6 is 0 Å². The Kier molecular flexibility index (Phi) is 6.80. The molecular formula is C29H30FN3O3. The minimum atomic E-state index is -0.239. The van der Waals surface area contributed by atoms with Gasteiger partial charge in [-0.1, -0.05) is 18.2 Å². The fraction of sp³-hybridized carbons (Fsp3) is 0.276. The first-order valence-electron chi connectivity index (χ1n) is 12.1. The molecule has 6 nitrogen and oxygen atoms in total.